The van der Waals surface area contributed by atoms with E-state index in [9.17, 15) is 4.79 Å². The molecule has 0 amide bonds. The summed E-state index contributed by atoms with van der Waals surface area (Å²) in [7, 11) is 3.05. The van der Waals surface area contributed by atoms with Crippen LogP contribution in [0.5, 0.6) is 5.75 Å². The topological polar surface area (TPSA) is 85.1 Å². The van der Waals surface area contributed by atoms with Gasteiger partial charge in [0.1, 0.15) is 22.8 Å². The van der Waals surface area contributed by atoms with Crippen LogP contribution in [0.1, 0.15) is 46.3 Å². The summed E-state index contributed by atoms with van der Waals surface area (Å²) >= 11 is 0. The van der Waals surface area contributed by atoms with Crippen LogP contribution in [-0.2, 0) is 17.8 Å². The number of nitrogens with one attached hydrogen (secondary N) is 2. The van der Waals surface area contributed by atoms with Crippen LogP contribution in [0, 0.1) is 13.8 Å². The Labute approximate surface area is 189 Å². The highest BCUT2D eigenvalue weighted by Gasteiger charge is 2.15. The van der Waals surface area contributed by atoms with Crippen LogP contribution in [-0.4, -0.2) is 32.7 Å². The molecule has 1 aromatic carbocycles. The van der Waals surface area contributed by atoms with Crippen molar-refractivity contribution in [2.45, 2.75) is 40.3 Å². The molecular weight excluding hydrogens is 485 g/mol. The number of rotatable bonds is 8. The number of carbonyl (C=O) groups is 1. The van der Waals surface area contributed by atoms with Crippen LogP contribution in [0.15, 0.2) is 33.7 Å². The molecule has 0 radical (unpaired) electrons. The van der Waals surface area contributed by atoms with Crippen LogP contribution >= 0.6 is 24.0 Å². The molecule has 2 aromatic rings. The summed E-state index contributed by atoms with van der Waals surface area (Å²) in [6, 6.07) is 7.84. The second kappa shape index (κ2) is 12.4. The number of hydrogen-bond donors (Lipinski definition) is 2. The molecule has 2 N–H and O–H groups in total. The maximum atomic E-state index is 11.7. The third-order valence-electron chi connectivity index (χ3n) is 4.16. The van der Waals surface area contributed by atoms with E-state index in [0.717, 1.165) is 23.3 Å². The van der Waals surface area contributed by atoms with Gasteiger partial charge in [-0.3, -0.25) is 4.99 Å². The van der Waals surface area contributed by atoms with Gasteiger partial charge in [-0.05, 0) is 38.0 Å². The smallest absolute Gasteiger partial charge is 0.341 e. The summed E-state index contributed by atoms with van der Waals surface area (Å²) in [5, 5.41) is 6.45. The number of furan rings is 1. The zero-order valence-electron chi connectivity index (χ0n) is 17.6. The molecule has 0 atom stereocenters. The largest absolute Gasteiger partial charge is 0.493 e. The molecule has 1 heterocycles. The second-order valence-electron chi connectivity index (χ2n) is 6.41. The van der Waals surface area contributed by atoms with Gasteiger partial charge in [-0.2, -0.15) is 0 Å². The van der Waals surface area contributed by atoms with E-state index in [1.165, 1.54) is 7.11 Å². The molecule has 8 heteroatoms. The number of esters is 1. The lowest BCUT2D eigenvalue weighted by Crippen LogP contribution is -2.36. The molecule has 29 heavy (non-hydrogen) atoms. The minimum absolute atomic E-state index is 0. The van der Waals surface area contributed by atoms with Gasteiger partial charge in [0, 0.05) is 19.2 Å². The number of carbonyl (C=O) groups excluding carboxylic acids is 1. The lowest BCUT2D eigenvalue weighted by molar-refractivity contribution is 0.0599. The van der Waals surface area contributed by atoms with E-state index < -0.39 is 5.97 Å². The molecular formula is C21H30IN3O4. The fourth-order valence-corrected chi connectivity index (χ4v) is 2.67. The van der Waals surface area contributed by atoms with Gasteiger partial charge in [0.25, 0.3) is 0 Å². The molecule has 160 valence electrons. The van der Waals surface area contributed by atoms with Crippen molar-refractivity contribution < 1.29 is 18.7 Å². The van der Waals surface area contributed by atoms with Gasteiger partial charge in [0.15, 0.2) is 5.96 Å². The summed E-state index contributed by atoms with van der Waals surface area (Å²) in [6.07, 6.45) is 0.958. The first-order valence-electron chi connectivity index (χ1n) is 9.33. The predicted octanol–water partition coefficient (Wildman–Crippen LogP) is 3.96. The molecule has 7 nitrogen and oxygen atoms in total. The number of guanidine groups is 1. The van der Waals surface area contributed by atoms with Gasteiger partial charge in [-0.25, -0.2) is 4.79 Å². The number of hydrogen-bond acceptors (Lipinski definition) is 5. The molecule has 0 fully saturated rings. The Morgan fingerprint density at radius 1 is 1.17 bits per heavy atom. The summed E-state index contributed by atoms with van der Waals surface area (Å²) in [4.78, 5) is 15.9. The molecule has 2 rings (SSSR count). The highest BCUT2D eigenvalue weighted by Crippen LogP contribution is 2.20. The highest BCUT2D eigenvalue weighted by atomic mass is 127. The maximum Gasteiger partial charge on any atom is 0.341 e. The fourth-order valence-electron chi connectivity index (χ4n) is 2.67. The van der Waals surface area contributed by atoms with Crippen molar-refractivity contribution in [3.05, 3.63) is 52.5 Å². The summed E-state index contributed by atoms with van der Waals surface area (Å²) in [5.74, 6) is 2.26. The second-order valence-corrected chi connectivity index (χ2v) is 6.41. The summed E-state index contributed by atoms with van der Waals surface area (Å²) in [5.41, 5.74) is 2.65. The van der Waals surface area contributed by atoms with Crippen molar-refractivity contribution in [2.75, 3.05) is 20.8 Å². The van der Waals surface area contributed by atoms with Crippen molar-refractivity contribution in [1.29, 1.82) is 0 Å². The number of aryl methyl sites for hydroxylation is 2. The minimum atomic E-state index is -0.408. The van der Waals surface area contributed by atoms with Gasteiger partial charge in [0.05, 0.1) is 20.3 Å². The Morgan fingerprint density at radius 2 is 1.90 bits per heavy atom. The predicted molar refractivity (Wildman–Crippen MR) is 124 cm³/mol. The Kier molecular flexibility index (Phi) is 10.6. The number of benzene rings is 1. The van der Waals surface area contributed by atoms with Gasteiger partial charge in [0.2, 0.25) is 0 Å². The minimum Gasteiger partial charge on any atom is -0.493 e. The zero-order valence-corrected chi connectivity index (χ0v) is 20.0. The quantitative estimate of drug-likeness (QED) is 0.240. The molecule has 0 aliphatic carbocycles. The number of methoxy groups -OCH3 is 1. The van der Waals surface area contributed by atoms with Gasteiger partial charge in [-0.15, -0.1) is 24.0 Å². The number of halogens is 1. The first-order valence-corrected chi connectivity index (χ1v) is 9.33. The average molecular weight is 515 g/mol. The van der Waals surface area contributed by atoms with E-state index in [4.69, 9.17) is 13.9 Å². The lowest BCUT2D eigenvalue weighted by Gasteiger charge is -2.15. The van der Waals surface area contributed by atoms with E-state index in [0.29, 0.717) is 42.7 Å². The Morgan fingerprint density at radius 3 is 2.55 bits per heavy atom. The highest BCUT2D eigenvalue weighted by molar-refractivity contribution is 14.0. The number of ether oxygens (including phenoxy) is 2. The van der Waals surface area contributed by atoms with Crippen LogP contribution in [0.25, 0.3) is 0 Å². The van der Waals surface area contributed by atoms with Crippen LogP contribution < -0.4 is 15.4 Å². The normalized spacial score (nSPS) is 10.9. The van der Waals surface area contributed by atoms with Crippen LogP contribution in [0.2, 0.25) is 0 Å². The van der Waals surface area contributed by atoms with Crippen molar-refractivity contribution in [3.8, 4) is 5.75 Å². The molecule has 0 aliphatic heterocycles. The summed E-state index contributed by atoms with van der Waals surface area (Å²) in [6.45, 7) is 7.52. The van der Waals surface area contributed by atoms with E-state index in [1.807, 2.05) is 13.0 Å². The standard InChI is InChI=1S/C21H29N3O4.HI/c1-6-9-27-19-10-14(2)7-8-16(19)12-23-21(22-4)24-13-17-11-18(15(3)28-17)20(25)26-5;/h7-8,10-11H,6,9,12-13H2,1-5H3,(H2,22,23,24);1H. The van der Waals surface area contributed by atoms with Gasteiger partial charge >= 0.3 is 5.97 Å². The van der Waals surface area contributed by atoms with E-state index in [1.54, 1.807) is 20.0 Å². The van der Waals surface area contributed by atoms with Crippen LogP contribution in [0.3, 0.4) is 0 Å². The first-order chi connectivity index (χ1) is 13.5. The van der Waals surface area contributed by atoms with Crippen LogP contribution in [0.4, 0.5) is 0 Å². The molecule has 0 saturated heterocycles. The summed E-state index contributed by atoms with van der Waals surface area (Å²) < 4.78 is 16.2. The number of aliphatic imine (C=N–C) groups is 1. The van der Waals surface area contributed by atoms with E-state index >= 15 is 0 Å². The SMILES string of the molecule is CCCOc1cc(C)ccc1CNC(=NC)NCc1cc(C(=O)OC)c(C)o1.I. The third kappa shape index (κ3) is 7.26. The van der Waals surface area contributed by atoms with E-state index in [2.05, 4.69) is 34.7 Å². The molecule has 0 unspecified atom stereocenters. The molecule has 1 aromatic heterocycles. The maximum absolute atomic E-state index is 11.7. The molecule has 0 spiro atoms. The lowest BCUT2D eigenvalue weighted by atomic mass is 10.1. The fraction of sp³-hybridized carbons (Fsp3) is 0.429. The van der Waals surface area contributed by atoms with Crippen molar-refractivity contribution in [3.63, 3.8) is 0 Å². The average Bonchev–Trinajstić information content (AvgIpc) is 3.07. The van der Waals surface area contributed by atoms with E-state index in [-0.39, 0.29) is 24.0 Å². The first kappa shape index (κ1) is 24.8. The van der Waals surface area contributed by atoms with Crippen molar-refractivity contribution >= 4 is 35.9 Å². The molecule has 0 aliphatic rings. The zero-order chi connectivity index (χ0) is 20.5. The number of nitrogens with zero attached hydrogens (tertiary/aromatic N) is 1. The van der Waals surface area contributed by atoms with Crippen molar-refractivity contribution in [2.24, 2.45) is 4.99 Å². The Hall–Kier alpha value is -2.23. The third-order valence-corrected chi connectivity index (χ3v) is 4.16. The Balaban J connectivity index is 0.00000420. The van der Waals surface area contributed by atoms with Crippen molar-refractivity contribution in [1.82, 2.24) is 10.6 Å². The molecule has 0 bridgehead atoms. The van der Waals surface area contributed by atoms with Gasteiger partial charge in [-0.1, -0.05) is 19.1 Å². The Bertz CT molecular complexity index is 833. The van der Waals surface area contributed by atoms with Gasteiger partial charge < -0.3 is 24.5 Å². The molecule has 0 saturated carbocycles. The monoisotopic (exact) mass is 515 g/mol.